The average molecular weight is 475 g/mol. The van der Waals surface area contributed by atoms with Crippen LogP contribution in [-0.4, -0.2) is 45.2 Å². The van der Waals surface area contributed by atoms with E-state index in [4.69, 9.17) is 5.73 Å². The molecule has 0 bridgehead atoms. The van der Waals surface area contributed by atoms with Gasteiger partial charge in [0.2, 0.25) is 17.7 Å². The molecule has 2 rings (SSSR count). The van der Waals surface area contributed by atoms with Crippen molar-refractivity contribution in [2.45, 2.75) is 96.7 Å². The topological polar surface area (TPSA) is 136 Å². The molecule has 3 N–H and O–H groups in total. The number of imide groups is 1. The van der Waals surface area contributed by atoms with Crippen LogP contribution in [0.5, 0.6) is 0 Å². The summed E-state index contributed by atoms with van der Waals surface area (Å²) in [5.74, 6) is -1.44. The van der Waals surface area contributed by atoms with Crippen LogP contribution in [0.4, 0.5) is 5.69 Å². The van der Waals surface area contributed by atoms with Gasteiger partial charge in [0.05, 0.1) is 11.0 Å². The monoisotopic (exact) mass is 474 g/mol. The van der Waals surface area contributed by atoms with Gasteiger partial charge in [0.1, 0.15) is 6.04 Å². The summed E-state index contributed by atoms with van der Waals surface area (Å²) < 4.78 is 0. The van der Waals surface area contributed by atoms with E-state index in [9.17, 15) is 24.5 Å². The largest absolute Gasteiger partial charge is 0.350 e. The molecule has 0 saturated heterocycles. The lowest BCUT2D eigenvalue weighted by molar-refractivity contribution is -0.384. The zero-order valence-electron chi connectivity index (χ0n) is 20.7. The van der Waals surface area contributed by atoms with Crippen LogP contribution in [0.1, 0.15) is 78.2 Å². The number of nitrogens with one attached hydrogen (secondary N) is 1. The fourth-order valence-corrected chi connectivity index (χ4v) is 4.46. The zero-order valence-corrected chi connectivity index (χ0v) is 20.7. The van der Waals surface area contributed by atoms with Crippen molar-refractivity contribution >= 4 is 23.4 Å². The molecular weight excluding hydrogens is 436 g/mol. The number of non-ortho nitro benzene ring substituents is 1. The number of nitrogens with zero attached hydrogens (tertiary/aromatic N) is 2. The molecule has 3 amide bonds. The first-order chi connectivity index (χ1) is 15.9. The first-order valence-corrected chi connectivity index (χ1v) is 12.1. The maximum atomic E-state index is 13.6. The van der Waals surface area contributed by atoms with E-state index in [0.717, 1.165) is 37.0 Å². The molecule has 0 aromatic heterocycles. The molecule has 1 fully saturated rings. The Hall–Kier alpha value is -2.81. The molecule has 1 saturated carbocycles. The first-order valence-electron chi connectivity index (χ1n) is 12.1. The minimum Gasteiger partial charge on any atom is -0.350 e. The lowest BCUT2D eigenvalue weighted by Crippen LogP contribution is -2.61. The fourth-order valence-electron chi connectivity index (χ4n) is 4.46. The third-order valence-electron chi connectivity index (χ3n) is 6.03. The average Bonchev–Trinajstić information content (AvgIpc) is 2.76. The van der Waals surface area contributed by atoms with Gasteiger partial charge < -0.3 is 11.1 Å². The molecule has 2 atom stereocenters. The Bertz CT molecular complexity index is 872. The fraction of sp³-hybridized carbons (Fsp3) is 0.640. The summed E-state index contributed by atoms with van der Waals surface area (Å²) in [4.78, 5) is 51.8. The number of hydrogen-bond donors (Lipinski definition) is 2. The Morgan fingerprint density at radius 1 is 1.15 bits per heavy atom. The molecular formula is C25H38N4O5. The number of carbonyl (C=O) groups is 3. The molecule has 0 spiro atoms. The third kappa shape index (κ3) is 7.62. The second-order valence-electron chi connectivity index (χ2n) is 10.2. The second-order valence-corrected chi connectivity index (χ2v) is 10.2. The Morgan fingerprint density at radius 3 is 2.24 bits per heavy atom. The number of rotatable bonds is 9. The summed E-state index contributed by atoms with van der Waals surface area (Å²) in [5, 5.41) is 13.9. The van der Waals surface area contributed by atoms with E-state index in [-0.39, 0.29) is 30.4 Å². The predicted octanol–water partition coefficient (Wildman–Crippen LogP) is 3.48. The molecule has 0 heterocycles. The van der Waals surface area contributed by atoms with Crippen molar-refractivity contribution in [3.8, 4) is 0 Å². The predicted molar refractivity (Wildman–Crippen MR) is 130 cm³/mol. The van der Waals surface area contributed by atoms with Crippen molar-refractivity contribution in [2.75, 3.05) is 0 Å². The molecule has 1 aliphatic carbocycles. The Labute approximate surface area is 201 Å². The van der Waals surface area contributed by atoms with E-state index < -0.39 is 34.4 Å². The molecule has 1 unspecified atom stereocenters. The van der Waals surface area contributed by atoms with Crippen LogP contribution in [0.25, 0.3) is 0 Å². The minimum absolute atomic E-state index is 0.0559. The normalized spacial score (nSPS) is 16.4. The van der Waals surface area contributed by atoms with Crippen molar-refractivity contribution in [3.05, 3.63) is 39.9 Å². The second kappa shape index (κ2) is 12.1. The van der Waals surface area contributed by atoms with Crippen LogP contribution >= 0.6 is 0 Å². The summed E-state index contributed by atoms with van der Waals surface area (Å²) in [6, 6.07) is 3.84. The summed E-state index contributed by atoms with van der Waals surface area (Å²) in [6.07, 6.45) is 5.28. The maximum Gasteiger partial charge on any atom is 0.269 e. The van der Waals surface area contributed by atoms with Crippen LogP contribution in [0, 0.1) is 16.0 Å². The standard InChI is InChI=1S/C25H38N4O5/c1-5-9-21(30)28(22(18-10-7-6-8-11-18)23(31)27-25(2,3)4)24(32)20(26)16-17-12-14-19(15-13-17)29(33)34/h12-15,18,20,22H,5-11,16,26H2,1-4H3,(H,27,31)/t20-,22?/m0/s1. The molecule has 188 valence electrons. The van der Waals surface area contributed by atoms with Crippen LogP contribution < -0.4 is 11.1 Å². The molecule has 0 aliphatic heterocycles. The molecule has 34 heavy (non-hydrogen) atoms. The van der Waals surface area contributed by atoms with E-state index in [1.165, 1.54) is 12.1 Å². The summed E-state index contributed by atoms with van der Waals surface area (Å²) in [6.45, 7) is 7.44. The van der Waals surface area contributed by atoms with Gasteiger partial charge in [-0.3, -0.25) is 29.4 Å². The van der Waals surface area contributed by atoms with Gasteiger partial charge in [-0.1, -0.05) is 38.3 Å². The molecule has 9 nitrogen and oxygen atoms in total. The first kappa shape index (κ1) is 27.4. The lowest BCUT2D eigenvalue weighted by atomic mass is 9.82. The quantitative estimate of drug-likeness (QED) is 0.415. The number of nitrogens with two attached hydrogens (primary N) is 1. The highest BCUT2D eigenvalue weighted by molar-refractivity contribution is 6.02. The van der Waals surface area contributed by atoms with Gasteiger partial charge in [-0.05, 0) is 57.9 Å². The van der Waals surface area contributed by atoms with E-state index in [1.54, 1.807) is 12.1 Å². The van der Waals surface area contributed by atoms with Gasteiger partial charge in [0.15, 0.2) is 0 Å². The minimum atomic E-state index is -1.06. The Kier molecular flexibility index (Phi) is 9.73. The van der Waals surface area contributed by atoms with Crippen LogP contribution in [0.2, 0.25) is 0 Å². The number of nitro benzene ring substituents is 1. The highest BCUT2D eigenvalue weighted by Gasteiger charge is 2.42. The molecule has 1 aliphatic rings. The Morgan fingerprint density at radius 2 is 1.74 bits per heavy atom. The maximum absolute atomic E-state index is 13.6. The molecule has 9 heteroatoms. The van der Waals surface area contributed by atoms with Gasteiger partial charge in [0.25, 0.3) is 5.69 Å². The highest BCUT2D eigenvalue weighted by Crippen LogP contribution is 2.31. The van der Waals surface area contributed by atoms with E-state index >= 15 is 0 Å². The van der Waals surface area contributed by atoms with E-state index in [1.807, 2.05) is 27.7 Å². The lowest BCUT2D eigenvalue weighted by Gasteiger charge is -2.39. The van der Waals surface area contributed by atoms with Gasteiger partial charge in [-0.2, -0.15) is 0 Å². The van der Waals surface area contributed by atoms with Gasteiger partial charge >= 0.3 is 0 Å². The summed E-state index contributed by atoms with van der Waals surface area (Å²) in [5.41, 5.74) is 6.33. The number of amides is 3. The van der Waals surface area contributed by atoms with Crippen LogP contribution in [0.3, 0.4) is 0 Å². The number of nitro groups is 1. The summed E-state index contributed by atoms with van der Waals surface area (Å²) in [7, 11) is 0. The van der Waals surface area contributed by atoms with E-state index in [2.05, 4.69) is 5.32 Å². The van der Waals surface area contributed by atoms with Crippen molar-refractivity contribution in [3.63, 3.8) is 0 Å². The van der Waals surface area contributed by atoms with Gasteiger partial charge in [0, 0.05) is 24.1 Å². The zero-order chi connectivity index (χ0) is 25.5. The van der Waals surface area contributed by atoms with Gasteiger partial charge in [-0.25, -0.2) is 0 Å². The molecule has 0 radical (unpaired) electrons. The van der Waals surface area contributed by atoms with Crippen molar-refractivity contribution in [1.82, 2.24) is 10.2 Å². The highest BCUT2D eigenvalue weighted by atomic mass is 16.6. The number of benzene rings is 1. The number of carbonyl (C=O) groups excluding carboxylic acids is 3. The van der Waals surface area contributed by atoms with Crippen molar-refractivity contribution in [2.24, 2.45) is 11.7 Å². The number of hydrogen-bond acceptors (Lipinski definition) is 6. The van der Waals surface area contributed by atoms with Gasteiger partial charge in [-0.15, -0.1) is 0 Å². The third-order valence-corrected chi connectivity index (χ3v) is 6.03. The van der Waals surface area contributed by atoms with E-state index in [0.29, 0.717) is 12.0 Å². The smallest absolute Gasteiger partial charge is 0.269 e. The van der Waals surface area contributed by atoms with Crippen molar-refractivity contribution < 1.29 is 19.3 Å². The Balaban J connectivity index is 2.36. The SMILES string of the molecule is CCCC(=O)N(C(=O)[C@@H](N)Cc1ccc([N+](=O)[O-])cc1)C(C(=O)NC(C)(C)C)C1CCCCC1. The van der Waals surface area contributed by atoms with Crippen molar-refractivity contribution in [1.29, 1.82) is 0 Å². The summed E-state index contributed by atoms with van der Waals surface area (Å²) >= 11 is 0. The molecule has 1 aromatic carbocycles. The van der Waals surface area contributed by atoms with Crippen LogP contribution in [-0.2, 0) is 20.8 Å². The molecule has 1 aromatic rings. The van der Waals surface area contributed by atoms with Crippen LogP contribution in [0.15, 0.2) is 24.3 Å².